The molecule has 1 aliphatic heterocycles. The summed E-state index contributed by atoms with van der Waals surface area (Å²) < 4.78 is 63.9. The topological polar surface area (TPSA) is 12.5 Å². The van der Waals surface area contributed by atoms with Crippen LogP contribution in [0.1, 0.15) is 23.6 Å². The number of hydrogen-bond donors (Lipinski definition) is 0. The van der Waals surface area contributed by atoms with E-state index >= 15 is 0 Å². The molecule has 1 heterocycles. The molecule has 0 amide bonds. The second-order valence-corrected chi connectivity index (χ2v) is 5.41. The lowest BCUT2D eigenvalue weighted by Crippen LogP contribution is -2.29. The third-order valence-electron chi connectivity index (χ3n) is 3.46. The van der Waals surface area contributed by atoms with E-state index in [1.807, 2.05) is 0 Å². The van der Waals surface area contributed by atoms with Crippen molar-refractivity contribution < 1.29 is 26.8 Å². The molecule has 8 heteroatoms. The minimum atomic E-state index is -4.45. The van der Waals surface area contributed by atoms with Gasteiger partial charge in [-0.2, -0.15) is 13.2 Å². The minimum Gasteiger partial charge on any atom is -0.411 e. The highest BCUT2D eigenvalue weighted by atomic mass is 35.5. The van der Waals surface area contributed by atoms with Gasteiger partial charge in [-0.25, -0.2) is 8.78 Å². The molecule has 1 aliphatic carbocycles. The first-order valence-corrected chi connectivity index (χ1v) is 6.43. The molecule has 1 aromatic carbocycles. The molecular weight excluding hydrogens is 317 g/mol. The van der Waals surface area contributed by atoms with Gasteiger partial charge in [0.1, 0.15) is 18.3 Å². The van der Waals surface area contributed by atoms with Crippen molar-refractivity contribution in [2.75, 3.05) is 0 Å². The fourth-order valence-corrected chi connectivity index (χ4v) is 2.51. The molecule has 0 bridgehead atoms. The standard InChI is InChI=1S/C13H9ClF5NO/c14-9-6-21-20(10-5-12(10,15)16)11(9)7-1-3-8(4-2-7)13(17,18)19/h1-4,6,10-11H,5H2. The summed E-state index contributed by atoms with van der Waals surface area (Å²) in [6, 6.07) is 2.28. The Labute approximate surface area is 121 Å². The van der Waals surface area contributed by atoms with E-state index in [-0.39, 0.29) is 11.5 Å². The molecule has 2 nitrogen and oxygen atoms in total. The number of halogens is 6. The van der Waals surface area contributed by atoms with Crippen molar-refractivity contribution in [3.05, 3.63) is 46.7 Å². The van der Waals surface area contributed by atoms with E-state index in [1.54, 1.807) is 0 Å². The van der Waals surface area contributed by atoms with Gasteiger partial charge in [0.05, 0.1) is 10.6 Å². The van der Waals surface area contributed by atoms with Crippen LogP contribution < -0.4 is 0 Å². The quantitative estimate of drug-likeness (QED) is 0.743. The molecule has 114 valence electrons. The Morgan fingerprint density at radius 1 is 1.19 bits per heavy atom. The van der Waals surface area contributed by atoms with Crippen LogP contribution in [0.3, 0.4) is 0 Å². The number of nitrogens with zero attached hydrogens (tertiary/aromatic N) is 1. The van der Waals surface area contributed by atoms with Gasteiger partial charge in [-0.05, 0) is 17.7 Å². The fourth-order valence-electron chi connectivity index (χ4n) is 2.25. The van der Waals surface area contributed by atoms with Crippen LogP contribution in [0.15, 0.2) is 35.6 Å². The van der Waals surface area contributed by atoms with Crippen molar-refractivity contribution in [1.82, 2.24) is 5.06 Å². The molecule has 2 atom stereocenters. The molecule has 0 spiro atoms. The maximum Gasteiger partial charge on any atom is 0.416 e. The van der Waals surface area contributed by atoms with Crippen LogP contribution in [0, 0.1) is 0 Å². The summed E-state index contributed by atoms with van der Waals surface area (Å²) in [5, 5.41) is 1.18. The molecule has 1 aromatic rings. The van der Waals surface area contributed by atoms with Crippen molar-refractivity contribution >= 4 is 11.6 Å². The van der Waals surface area contributed by atoms with Gasteiger partial charge in [0.25, 0.3) is 5.92 Å². The van der Waals surface area contributed by atoms with Crippen molar-refractivity contribution in [2.45, 2.75) is 30.6 Å². The Morgan fingerprint density at radius 3 is 2.24 bits per heavy atom. The van der Waals surface area contributed by atoms with E-state index in [0.717, 1.165) is 23.5 Å². The fraction of sp³-hybridized carbons (Fsp3) is 0.385. The number of benzene rings is 1. The van der Waals surface area contributed by atoms with Gasteiger partial charge in [0.15, 0.2) is 0 Å². The van der Waals surface area contributed by atoms with Gasteiger partial charge >= 0.3 is 6.18 Å². The third-order valence-corrected chi connectivity index (χ3v) is 3.75. The van der Waals surface area contributed by atoms with Gasteiger partial charge in [0.2, 0.25) is 0 Å². The first-order valence-electron chi connectivity index (χ1n) is 6.06. The molecule has 0 radical (unpaired) electrons. The molecule has 3 rings (SSSR count). The van der Waals surface area contributed by atoms with Crippen LogP contribution in [0.5, 0.6) is 0 Å². The van der Waals surface area contributed by atoms with E-state index in [1.165, 1.54) is 12.1 Å². The van der Waals surface area contributed by atoms with Gasteiger partial charge in [0, 0.05) is 6.42 Å². The van der Waals surface area contributed by atoms with E-state index in [4.69, 9.17) is 16.4 Å². The average Bonchev–Trinajstić information content (AvgIpc) is 2.85. The zero-order valence-electron chi connectivity index (χ0n) is 10.4. The van der Waals surface area contributed by atoms with Gasteiger partial charge in [-0.1, -0.05) is 23.7 Å². The Balaban J connectivity index is 1.86. The zero-order chi connectivity index (χ0) is 15.4. The maximum absolute atomic E-state index is 13.1. The summed E-state index contributed by atoms with van der Waals surface area (Å²) in [4.78, 5) is 5.03. The second kappa shape index (κ2) is 4.58. The summed E-state index contributed by atoms with van der Waals surface area (Å²) in [5.41, 5.74) is -0.446. The molecule has 0 saturated heterocycles. The highest BCUT2D eigenvalue weighted by molar-refractivity contribution is 6.30. The predicted molar refractivity (Wildman–Crippen MR) is 64.4 cm³/mol. The summed E-state index contributed by atoms with van der Waals surface area (Å²) >= 11 is 5.93. The van der Waals surface area contributed by atoms with E-state index < -0.39 is 29.7 Å². The number of hydrogen-bond acceptors (Lipinski definition) is 2. The normalized spacial score (nSPS) is 28.2. The van der Waals surface area contributed by atoms with E-state index in [9.17, 15) is 22.0 Å². The molecule has 0 aromatic heterocycles. The Bertz CT molecular complexity index is 583. The first-order chi connectivity index (χ1) is 9.70. The van der Waals surface area contributed by atoms with Crippen molar-refractivity contribution in [2.24, 2.45) is 0 Å². The third kappa shape index (κ3) is 2.60. The SMILES string of the molecule is FC(F)(F)c1ccc(C2C(Cl)=CON2C2CC2(F)F)cc1. The van der Waals surface area contributed by atoms with Gasteiger partial charge in [-0.3, -0.25) is 0 Å². The smallest absolute Gasteiger partial charge is 0.411 e. The lowest BCUT2D eigenvalue weighted by Gasteiger charge is -2.23. The molecule has 0 N–H and O–H groups in total. The highest BCUT2D eigenvalue weighted by Gasteiger charge is 2.63. The van der Waals surface area contributed by atoms with Crippen molar-refractivity contribution in [3.63, 3.8) is 0 Å². The van der Waals surface area contributed by atoms with Gasteiger partial charge in [-0.15, -0.1) is 5.06 Å². The van der Waals surface area contributed by atoms with Crippen LogP contribution in [-0.4, -0.2) is 17.0 Å². The van der Waals surface area contributed by atoms with Crippen LogP contribution in [0.25, 0.3) is 0 Å². The van der Waals surface area contributed by atoms with Crippen LogP contribution in [0.4, 0.5) is 22.0 Å². The Kier molecular flexibility index (Phi) is 3.18. The Morgan fingerprint density at radius 2 is 1.76 bits per heavy atom. The summed E-state index contributed by atoms with van der Waals surface area (Å²) in [6.45, 7) is 0. The molecule has 2 unspecified atom stereocenters. The summed E-state index contributed by atoms with van der Waals surface area (Å²) in [7, 11) is 0. The first kappa shape index (κ1) is 14.6. The lowest BCUT2D eigenvalue weighted by atomic mass is 10.0. The van der Waals surface area contributed by atoms with Crippen molar-refractivity contribution in [3.8, 4) is 0 Å². The average molecular weight is 326 g/mol. The van der Waals surface area contributed by atoms with Crippen LogP contribution in [0.2, 0.25) is 0 Å². The number of hydroxylamine groups is 2. The maximum atomic E-state index is 13.1. The monoisotopic (exact) mass is 325 g/mol. The van der Waals surface area contributed by atoms with Gasteiger partial charge < -0.3 is 4.84 Å². The predicted octanol–water partition coefficient (Wildman–Crippen LogP) is 4.48. The molecule has 21 heavy (non-hydrogen) atoms. The summed E-state index contributed by atoms with van der Waals surface area (Å²) in [6.07, 6.45) is -3.69. The highest BCUT2D eigenvalue weighted by Crippen LogP contribution is 2.52. The Hall–Kier alpha value is -1.34. The second-order valence-electron chi connectivity index (χ2n) is 4.97. The zero-order valence-corrected chi connectivity index (χ0v) is 11.1. The number of alkyl halides is 5. The molecule has 1 fully saturated rings. The van der Waals surface area contributed by atoms with Crippen molar-refractivity contribution in [1.29, 1.82) is 0 Å². The molecular formula is C13H9ClF5NO. The van der Waals surface area contributed by atoms with Crippen LogP contribution in [-0.2, 0) is 11.0 Å². The summed E-state index contributed by atoms with van der Waals surface area (Å²) in [5.74, 6) is -2.86. The molecule has 2 aliphatic rings. The minimum absolute atomic E-state index is 0.150. The van der Waals surface area contributed by atoms with E-state index in [2.05, 4.69) is 0 Å². The van der Waals surface area contributed by atoms with E-state index in [0.29, 0.717) is 5.56 Å². The largest absolute Gasteiger partial charge is 0.416 e. The number of rotatable bonds is 2. The molecule has 1 saturated carbocycles. The van der Waals surface area contributed by atoms with Crippen LogP contribution >= 0.6 is 11.6 Å². The lowest BCUT2D eigenvalue weighted by molar-refractivity contribution is -0.137.